The molecule has 182 valence electrons. The highest BCUT2D eigenvalue weighted by Gasteiger charge is 2.61. The minimum Gasteiger partial charge on any atom is -0.480 e. The number of benzene rings is 1. The Kier molecular flexibility index (Phi) is 6.37. The smallest absolute Gasteiger partial charge is 0.328 e. The van der Waals surface area contributed by atoms with Gasteiger partial charge in [0.25, 0.3) is 5.91 Å². The molecule has 2 aromatic rings. The lowest BCUT2D eigenvalue weighted by atomic mass is 9.86. The molecule has 0 radical (unpaired) electrons. The highest BCUT2D eigenvalue weighted by atomic mass is 32.2. The first-order valence-electron chi connectivity index (χ1n) is 11.4. The zero-order chi connectivity index (χ0) is 24.8. The Bertz CT molecular complexity index is 1160. The lowest BCUT2D eigenvalue weighted by Gasteiger charge is -2.36. The maximum atomic E-state index is 13.9. The number of amides is 4. The molecule has 1 fully saturated rings. The van der Waals surface area contributed by atoms with Gasteiger partial charge in [0.15, 0.2) is 5.54 Å². The zero-order valence-corrected chi connectivity index (χ0v) is 20.6. The predicted octanol–water partition coefficient (Wildman–Crippen LogP) is 2.55. The molecule has 3 atom stereocenters. The summed E-state index contributed by atoms with van der Waals surface area (Å²) >= 11 is 1.48. The van der Waals surface area contributed by atoms with E-state index in [1.807, 2.05) is 30.5 Å². The second kappa shape index (κ2) is 8.98. The molecule has 3 heterocycles. The Labute approximate surface area is 202 Å². The number of thioether (sulfide) groups is 1. The summed E-state index contributed by atoms with van der Waals surface area (Å²) in [7, 11) is 0. The van der Waals surface area contributed by atoms with Crippen molar-refractivity contribution in [2.45, 2.75) is 51.2 Å². The number of hydrogen-bond donors (Lipinski definition) is 3. The van der Waals surface area contributed by atoms with Crippen molar-refractivity contribution >= 4 is 46.5 Å². The van der Waals surface area contributed by atoms with Crippen molar-refractivity contribution in [3.8, 4) is 0 Å². The number of urea groups is 1. The van der Waals surface area contributed by atoms with Crippen molar-refractivity contribution in [1.82, 2.24) is 20.1 Å². The summed E-state index contributed by atoms with van der Waals surface area (Å²) in [5, 5.41) is 13.1. The number of carboxylic acid groups (broad SMARTS) is 1. The second-order valence-corrected chi connectivity index (χ2v) is 10.3. The van der Waals surface area contributed by atoms with Crippen LogP contribution in [-0.4, -0.2) is 74.3 Å². The number of rotatable bonds is 8. The van der Waals surface area contributed by atoms with Gasteiger partial charge in [0, 0.05) is 17.4 Å². The SMILES string of the molecule is CSCC[C@H](NC(=O)[C@H](C(C)C)N1C(=O)N2CCc3c([nH]c4ccccc34)[C@@]2(C)C1=O)C(=O)O. The maximum absolute atomic E-state index is 13.9. The van der Waals surface area contributed by atoms with Crippen molar-refractivity contribution in [2.75, 3.05) is 18.6 Å². The molecule has 4 amide bonds. The van der Waals surface area contributed by atoms with E-state index in [2.05, 4.69) is 10.3 Å². The zero-order valence-electron chi connectivity index (χ0n) is 19.8. The second-order valence-electron chi connectivity index (χ2n) is 9.33. The number of nitrogens with one attached hydrogen (secondary N) is 2. The third-order valence-electron chi connectivity index (χ3n) is 6.90. The lowest BCUT2D eigenvalue weighted by Crippen LogP contribution is -2.56. The van der Waals surface area contributed by atoms with Crippen molar-refractivity contribution in [3.05, 3.63) is 35.5 Å². The first kappa shape index (κ1) is 24.1. The van der Waals surface area contributed by atoms with Crippen molar-refractivity contribution < 1.29 is 24.3 Å². The Morgan fingerprint density at radius 1 is 1.26 bits per heavy atom. The van der Waals surface area contributed by atoms with Crippen LogP contribution in [-0.2, 0) is 26.3 Å². The summed E-state index contributed by atoms with van der Waals surface area (Å²) in [6, 6.07) is 5.04. The third kappa shape index (κ3) is 3.64. The Morgan fingerprint density at radius 2 is 1.97 bits per heavy atom. The van der Waals surface area contributed by atoms with E-state index in [4.69, 9.17) is 0 Å². The van der Waals surface area contributed by atoms with E-state index in [0.717, 1.165) is 21.4 Å². The first-order valence-corrected chi connectivity index (χ1v) is 12.8. The summed E-state index contributed by atoms with van der Waals surface area (Å²) in [6.07, 6.45) is 2.70. The standard InChI is InChI=1S/C24H30N4O5S/c1-13(2)18(20(29)26-17(21(30)31)10-12-34-4)28-22(32)24(3)19-15(9-11-27(24)23(28)33)14-7-5-6-8-16(14)25-19/h5-8,13,17-18,25H,9-12H2,1-4H3,(H,26,29)(H,30,31)/t17-,18-,24-/m0/s1. The van der Waals surface area contributed by atoms with Crippen LogP contribution in [0.15, 0.2) is 24.3 Å². The molecular formula is C24H30N4O5S. The molecular weight excluding hydrogens is 456 g/mol. The molecule has 4 rings (SSSR count). The van der Waals surface area contributed by atoms with E-state index >= 15 is 0 Å². The molecule has 0 aliphatic carbocycles. The van der Waals surface area contributed by atoms with E-state index in [0.29, 0.717) is 24.4 Å². The Hall–Kier alpha value is -3.01. The predicted molar refractivity (Wildman–Crippen MR) is 129 cm³/mol. The molecule has 10 heteroatoms. The van der Waals surface area contributed by atoms with E-state index < -0.39 is 47.4 Å². The fourth-order valence-electron chi connectivity index (χ4n) is 5.13. The van der Waals surface area contributed by atoms with Gasteiger partial charge in [-0.15, -0.1) is 0 Å². The molecule has 1 aromatic heterocycles. The molecule has 0 bridgehead atoms. The van der Waals surface area contributed by atoms with Gasteiger partial charge in [-0.2, -0.15) is 11.8 Å². The van der Waals surface area contributed by atoms with Crippen molar-refractivity contribution in [1.29, 1.82) is 0 Å². The monoisotopic (exact) mass is 486 g/mol. The van der Waals surface area contributed by atoms with Gasteiger partial charge in [-0.05, 0) is 49.3 Å². The van der Waals surface area contributed by atoms with Gasteiger partial charge in [-0.25, -0.2) is 14.5 Å². The number of para-hydroxylation sites is 1. The number of fused-ring (bicyclic) bond motifs is 5. The topological polar surface area (TPSA) is 123 Å². The number of aliphatic carboxylic acids is 1. The van der Waals surface area contributed by atoms with Gasteiger partial charge >= 0.3 is 12.0 Å². The van der Waals surface area contributed by atoms with Crippen LogP contribution in [0.3, 0.4) is 0 Å². The summed E-state index contributed by atoms with van der Waals surface area (Å²) in [5.41, 5.74) is 1.31. The molecule has 3 N–H and O–H groups in total. The fourth-order valence-corrected chi connectivity index (χ4v) is 5.60. The summed E-state index contributed by atoms with van der Waals surface area (Å²) < 4.78 is 0. The molecule has 1 saturated heterocycles. The summed E-state index contributed by atoms with van der Waals surface area (Å²) in [6.45, 7) is 5.56. The van der Waals surface area contributed by atoms with Crippen LogP contribution in [0.4, 0.5) is 4.79 Å². The molecule has 2 aliphatic heterocycles. The number of carboxylic acids is 1. The van der Waals surface area contributed by atoms with Gasteiger partial charge < -0.3 is 20.3 Å². The molecule has 34 heavy (non-hydrogen) atoms. The average Bonchev–Trinajstić information content (AvgIpc) is 3.26. The number of imide groups is 1. The normalized spacial score (nSPS) is 21.6. The maximum Gasteiger partial charge on any atom is 0.328 e. The number of carbonyl (C=O) groups is 4. The number of nitrogens with zero attached hydrogens (tertiary/aromatic N) is 2. The number of aromatic amines is 1. The molecule has 0 saturated carbocycles. The van der Waals surface area contributed by atoms with Crippen molar-refractivity contribution in [2.24, 2.45) is 5.92 Å². The quantitative estimate of drug-likeness (QED) is 0.493. The molecule has 9 nitrogen and oxygen atoms in total. The number of hydrogen-bond acceptors (Lipinski definition) is 5. The van der Waals surface area contributed by atoms with Crippen LogP contribution < -0.4 is 5.32 Å². The lowest BCUT2D eigenvalue weighted by molar-refractivity contribution is -0.144. The van der Waals surface area contributed by atoms with Gasteiger partial charge in [0.05, 0.1) is 5.69 Å². The Balaban J connectivity index is 1.70. The summed E-state index contributed by atoms with van der Waals surface area (Å²) in [5.74, 6) is -2.10. The number of H-pyrrole nitrogens is 1. The highest BCUT2D eigenvalue weighted by molar-refractivity contribution is 7.98. The largest absolute Gasteiger partial charge is 0.480 e. The van der Waals surface area contributed by atoms with Crippen LogP contribution in [0.5, 0.6) is 0 Å². The molecule has 2 aliphatic rings. The van der Waals surface area contributed by atoms with E-state index in [9.17, 15) is 24.3 Å². The number of aromatic nitrogens is 1. The minimum absolute atomic E-state index is 0.247. The van der Waals surface area contributed by atoms with Gasteiger partial charge in [-0.1, -0.05) is 32.0 Å². The van der Waals surface area contributed by atoms with Crippen molar-refractivity contribution in [3.63, 3.8) is 0 Å². The molecule has 0 unspecified atom stereocenters. The minimum atomic E-state index is -1.26. The molecule has 0 spiro atoms. The van der Waals surface area contributed by atoms with Gasteiger partial charge in [-0.3, -0.25) is 9.59 Å². The van der Waals surface area contributed by atoms with E-state index in [1.165, 1.54) is 16.7 Å². The average molecular weight is 487 g/mol. The van der Waals surface area contributed by atoms with Gasteiger partial charge in [0.2, 0.25) is 5.91 Å². The molecule has 1 aromatic carbocycles. The van der Waals surface area contributed by atoms with Crippen LogP contribution in [0.25, 0.3) is 10.9 Å². The fraction of sp³-hybridized carbons (Fsp3) is 0.500. The highest BCUT2D eigenvalue weighted by Crippen LogP contribution is 2.45. The van der Waals surface area contributed by atoms with E-state index in [-0.39, 0.29) is 6.42 Å². The van der Waals surface area contributed by atoms with Gasteiger partial charge in [0.1, 0.15) is 12.1 Å². The third-order valence-corrected chi connectivity index (χ3v) is 7.55. The van der Waals surface area contributed by atoms with Crippen LogP contribution in [0, 0.1) is 5.92 Å². The van der Waals surface area contributed by atoms with Crippen LogP contribution >= 0.6 is 11.8 Å². The van der Waals surface area contributed by atoms with Crippen LogP contribution in [0.1, 0.15) is 38.4 Å². The van der Waals surface area contributed by atoms with E-state index in [1.54, 1.807) is 20.8 Å². The number of carbonyl (C=O) groups excluding carboxylic acids is 3. The Morgan fingerprint density at radius 3 is 2.62 bits per heavy atom. The van der Waals surface area contributed by atoms with Crippen LogP contribution in [0.2, 0.25) is 0 Å². The first-order chi connectivity index (χ1) is 16.1. The summed E-state index contributed by atoms with van der Waals surface area (Å²) in [4.78, 5) is 58.3.